The van der Waals surface area contributed by atoms with Crippen molar-refractivity contribution in [3.8, 4) is 0 Å². The molecule has 8 atom stereocenters. The lowest BCUT2D eigenvalue weighted by Crippen LogP contribution is -2.30. The largest absolute Gasteiger partial charge is 0.472 e. The molecule has 17 nitrogen and oxygen atoms in total. The SMILES string of the molecule is CCC(C)CCCCCCCCCCCCC(=O)OC[C@H](COP(=O)(O)OC[C@@H](O)COP(=O)(O)OC[C@@H](COC(=O)CCCCCCCCCCC(C)CC)OC(=O)CCCCCCCCCCC(C)CC)OC(=O)CCCCCCCCCCCCCCC(C)C. The van der Waals surface area contributed by atoms with Crippen LogP contribution in [0.25, 0.3) is 0 Å². The smallest absolute Gasteiger partial charge is 0.462 e. The van der Waals surface area contributed by atoms with Crippen LogP contribution in [0.3, 0.4) is 0 Å². The molecular weight excluding hydrogens is 1220 g/mol. The molecule has 93 heavy (non-hydrogen) atoms. The average molecular weight is 1370 g/mol. The van der Waals surface area contributed by atoms with Gasteiger partial charge in [0.05, 0.1) is 26.4 Å². The summed E-state index contributed by atoms with van der Waals surface area (Å²) in [6, 6.07) is 0. The van der Waals surface area contributed by atoms with Crippen molar-refractivity contribution >= 4 is 39.5 Å². The number of carbonyl (C=O) groups is 4. The second-order valence-electron chi connectivity index (χ2n) is 27.9. The second-order valence-corrected chi connectivity index (χ2v) is 30.8. The zero-order chi connectivity index (χ0) is 68.9. The van der Waals surface area contributed by atoms with Crippen LogP contribution in [-0.4, -0.2) is 96.7 Å². The molecule has 5 unspecified atom stereocenters. The van der Waals surface area contributed by atoms with Gasteiger partial charge in [0.25, 0.3) is 0 Å². The van der Waals surface area contributed by atoms with Crippen molar-refractivity contribution in [1.29, 1.82) is 0 Å². The number of phosphoric ester groups is 2. The van der Waals surface area contributed by atoms with E-state index in [2.05, 4.69) is 55.4 Å². The van der Waals surface area contributed by atoms with Gasteiger partial charge in [0.2, 0.25) is 0 Å². The van der Waals surface area contributed by atoms with Gasteiger partial charge in [0.15, 0.2) is 12.2 Å². The molecule has 0 amide bonds. The molecule has 0 aliphatic carbocycles. The first-order valence-electron chi connectivity index (χ1n) is 38.3. The van der Waals surface area contributed by atoms with Crippen LogP contribution in [0.1, 0.15) is 370 Å². The summed E-state index contributed by atoms with van der Waals surface area (Å²) in [5.74, 6) is 1.01. The number of carbonyl (C=O) groups excluding carboxylic acids is 4. The minimum absolute atomic E-state index is 0.104. The number of rotatable bonds is 71. The lowest BCUT2D eigenvalue weighted by atomic mass is 9.99. The predicted octanol–water partition coefficient (Wildman–Crippen LogP) is 21.3. The van der Waals surface area contributed by atoms with Crippen LogP contribution in [0.15, 0.2) is 0 Å². The molecule has 0 heterocycles. The van der Waals surface area contributed by atoms with E-state index in [1.54, 1.807) is 0 Å². The molecule has 0 saturated heterocycles. The Hall–Kier alpha value is -1.94. The summed E-state index contributed by atoms with van der Waals surface area (Å²) in [5.41, 5.74) is 0. The molecule has 3 N–H and O–H groups in total. The number of phosphoric acid groups is 2. The van der Waals surface area contributed by atoms with Crippen LogP contribution in [0, 0.1) is 23.7 Å². The normalized spacial score (nSPS) is 15.1. The molecule has 552 valence electrons. The topological polar surface area (TPSA) is 237 Å². The van der Waals surface area contributed by atoms with Crippen molar-refractivity contribution in [2.45, 2.75) is 388 Å². The van der Waals surface area contributed by atoms with Crippen molar-refractivity contribution in [1.82, 2.24) is 0 Å². The third-order valence-corrected chi connectivity index (χ3v) is 20.1. The Kier molecular flexibility index (Phi) is 62.2. The third kappa shape index (κ3) is 64.5. The zero-order valence-corrected chi connectivity index (χ0v) is 62.7. The Morgan fingerprint density at radius 1 is 0.301 bits per heavy atom. The molecule has 0 aliphatic heterocycles. The van der Waals surface area contributed by atoms with Crippen molar-refractivity contribution in [2.75, 3.05) is 39.6 Å². The lowest BCUT2D eigenvalue weighted by molar-refractivity contribution is -0.161. The molecule has 0 aliphatic rings. The van der Waals surface area contributed by atoms with Crippen LogP contribution < -0.4 is 0 Å². The Morgan fingerprint density at radius 3 is 0.763 bits per heavy atom. The number of esters is 4. The molecular formula is C74H144O17P2. The maximum Gasteiger partial charge on any atom is 0.472 e. The molecule has 19 heteroatoms. The van der Waals surface area contributed by atoms with E-state index in [1.807, 2.05) is 0 Å². The molecule has 0 fully saturated rings. The third-order valence-electron chi connectivity index (χ3n) is 18.2. The first-order chi connectivity index (χ1) is 44.7. The van der Waals surface area contributed by atoms with Gasteiger partial charge in [0, 0.05) is 25.7 Å². The zero-order valence-electron chi connectivity index (χ0n) is 60.9. The fourth-order valence-electron chi connectivity index (χ4n) is 11.1. The summed E-state index contributed by atoms with van der Waals surface area (Å²) in [6.45, 7) is 14.2. The standard InChI is InChI=1S/C74H144O17P2/c1-9-65(6)51-43-35-27-19-16-17-20-30-38-46-54-71(76)84-60-69(90-73(78)56-48-40-32-21-15-13-12-14-18-26-34-42-50-64(4)5)62-88-92(80,81)86-58-68(75)59-87-93(82,83)89-63-70(91-74(79)57-49-41-33-25-23-29-37-45-53-67(8)11-3)61-85-72(77)55-47-39-31-24-22-28-36-44-52-66(7)10-2/h64-70,75H,9-63H2,1-8H3,(H,80,81)(H,82,83)/t65?,66?,67?,68-,69-,70-/m1/s1. The van der Waals surface area contributed by atoms with Gasteiger partial charge in [-0.2, -0.15) is 0 Å². The van der Waals surface area contributed by atoms with Crippen molar-refractivity contribution < 1.29 is 80.2 Å². The van der Waals surface area contributed by atoms with Gasteiger partial charge in [-0.15, -0.1) is 0 Å². The first kappa shape index (κ1) is 91.1. The number of aliphatic hydroxyl groups is 1. The van der Waals surface area contributed by atoms with E-state index in [1.165, 1.54) is 173 Å². The predicted molar refractivity (Wildman–Crippen MR) is 377 cm³/mol. The van der Waals surface area contributed by atoms with Crippen LogP contribution in [0.2, 0.25) is 0 Å². The van der Waals surface area contributed by atoms with Gasteiger partial charge >= 0.3 is 39.5 Å². The summed E-state index contributed by atoms with van der Waals surface area (Å²) < 4.78 is 68.5. The Bertz CT molecular complexity index is 1840. The summed E-state index contributed by atoms with van der Waals surface area (Å²) in [7, 11) is -9.91. The number of aliphatic hydroxyl groups excluding tert-OH is 1. The average Bonchev–Trinajstić information content (AvgIpc) is 2.88. The van der Waals surface area contributed by atoms with Gasteiger partial charge in [0.1, 0.15) is 19.3 Å². The molecule has 0 spiro atoms. The van der Waals surface area contributed by atoms with Crippen LogP contribution in [0.5, 0.6) is 0 Å². The second kappa shape index (κ2) is 63.5. The van der Waals surface area contributed by atoms with Gasteiger partial charge < -0.3 is 33.8 Å². The lowest BCUT2D eigenvalue weighted by Gasteiger charge is -2.21. The van der Waals surface area contributed by atoms with E-state index in [9.17, 15) is 43.2 Å². The van der Waals surface area contributed by atoms with Crippen molar-refractivity contribution in [3.05, 3.63) is 0 Å². The molecule has 0 radical (unpaired) electrons. The molecule has 0 bridgehead atoms. The van der Waals surface area contributed by atoms with Crippen LogP contribution >= 0.6 is 15.6 Å². The van der Waals surface area contributed by atoms with Gasteiger partial charge in [-0.3, -0.25) is 37.3 Å². The Labute approximate surface area is 568 Å². The van der Waals surface area contributed by atoms with E-state index >= 15 is 0 Å². The number of hydrogen-bond donors (Lipinski definition) is 3. The minimum Gasteiger partial charge on any atom is -0.462 e. The van der Waals surface area contributed by atoms with E-state index < -0.39 is 97.5 Å². The Morgan fingerprint density at radius 2 is 0.516 bits per heavy atom. The summed E-state index contributed by atoms with van der Waals surface area (Å²) in [5, 5.41) is 10.6. The Balaban J connectivity index is 5.28. The van der Waals surface area contributed by atoms with Gasteiger partial charge in [-0.05, 0) is 49.4 Å². The first-order valence-corrected chi connectivity index (χ1v) is 41.3. The van der Waals surface area contributed by atoms with Gasteiger partial charge in [-0.25, -0.2) is 9.13 Å². The molecule has 0 aromatic carbocycles. The summed E-state index contributed by atoms with van der Waals surface area (Å²) in [4.78, 5) is 72.8. The minimum atomic E-state index is -4.96. The van der Waals surface area contributed by atoms with Crippen LogP contribution in [0.4, 0.5) is 0 Å². The molecule has 0 saturated carbocycles. The molecule has 0 aromatic heterocycles. The van der Waals surface area contributed by atoms with E-state index in [-0.39, 0.29) is 25.7 Å². The quantitative estimate of drug-likeness (QED) is 0.0222. The molecule has 0 rings (SSSR count). The number of hydrogen-bond acceptors (Lipinski definition) is 15. The highest BCUT2D eigenvalue weighted by Crippen LogP contribution is 2.45. The van der Waals surface area contributed by atoms with E-state index in [0.29, 0.717) is 25.7 Å². The fourth-order valence-corrected chi connectivity index (χ4v) is 12.7. The number of ether oxygens (including phenoxy) is 4. The van der Waals surface area contributed by atoms with Crippen LogP contribution in [-0.2, 0) is 65.4 Å². The summed E-state index contributed by atoms with van der Waals surface area (Å²) >= 11 is 0. The van der Waals surface area contributed by atoms with Crippen molar-refractivity contribution in [3.63, 3.8) is 0 Å². The monoisotopic (exact) mass is 1370 g/mol. The van der Waals surface area contributed by atoms with Crippen molar-refractivity contribution in [2.24, 2.45) is 23.7 Å². The fraction of sp³-hybridized carbons (Fsp3) is 0.946. The maximum absolute atomic E-state index is 13.1. The maximum atomic E-state index is 13.1. The highest BCUT2D eigenvalue weighted by atomic mass is 31.2. The molecule has 0 aromatic rings. The van der Waals surface area contributed by atoms with E-state index in [0.717, 1.165) is 114 Å². The highest BCUT2D eigenvalue weighted by Gasteiger charge is 2.30. The highest BCUT2D eigenvalue weighted by molar-refractivity contribution is 7.47. The van der Waals surface area contributed by atoms with E-state index in [4.69, 9.17) is 37.0 Å². The number of unbranched alkanes of at least 4 members (excludes halogenated alkanes) is 34. The van der Waals surface area contributed by atoms with Gasteiger partial charge in [-0.1, -0.05) is 319 Å². The summed E-state index contributed by atoms with van der Waals surface area (Å²) in [6.07, 6.45) is 46.9.